The fourth-order valence-electron chi connectivity index (χ4n) is 2.48. The van der Waals surface area contributed by atoms with Gasteiger partial charge in [0.1, 0.15) is 6.61 Å². The second-order valence-electron chi connectivity index (χ2n) is 5.24. The Balaban J connectivity index is 1.68. The summed E-state index contributed by atoms with van der Waals surface area (Å²) in [5, 5.41) is 0. The van der Waals surface area contributed by atoms with E-state index in [9.17, 15) is 4.79 Å². The maximum absolute atomic E-state index is 10.7. The first-order valence-corrected chi connectivity index (χ1v) is 7.31. The number of hydrogen-bond donors (Lipinski definition) is 0. The molecule has 2 rings (SSSR count). The first-order valence-electron chi connectivity index (χ1n) is 7.31. The smallest absolute Gasteiger partial charge is 0.302 e. The number of benzene rings is 1. The second kappa shape index (κ2) is 7.85. The summed E-state index contributed by atoms with van der Waals surface area (Å²) in [4.78, 5) is 13.2. The van der Waals surface area contributed by atoms with Crippen LogP contribution in [0.25, 0.3) is 0 Å². The van der Waals surface area contributed by atoms with E-state index in [2.05, 4.69) is 41.3 Å². The van der Waals surface area contributed by atoms with Crippen LogP contribution in [0.3, 0.4) is 0 Å². The number of hydrogen-bond acceptors (Lipinski definition) is 3. The van der Waals surface area contributed by atoms with Crippen molar-refractivity contribution in [3.63, 3.8) is 0 Å². The third-order valence-electron chi connectivity index (χ3n) is 3.72. The zero-order chi connectivity index (χ0) is 14.2. The Morgan fingerprint density at radius 1 is 1.25 bits per heavy atom. The number of ether oxygens (including phenoxy) is 1. The Labute approximate surface area is 121 Å². The minimum atomic E-state index is -0.206. The van der Waals surface area contributed by atoms with Crippen molar-refractivity contribution in [2.75, 3.05) is 26.2 Å². The maximum Gasteiger partial charge on any atom is 0.302 e. The van der Waals surface area contributed by atoms with Crippen molar-refractivity contribution < 1.29 is 9.53 Å². The number of carbonyl (C=O) groups is 1. The molecule has 0 unspecified atom stereocenters. The highest BCUT2D eigenvalue weighted by Gasteiger charge is 2.13. The fraction of sp³-hybridized carbons (Fsp3) is 0.471. The number of nitrogens with zero attached hydrogens (tertiary/aromatic N) is 1. The largest absolute Gasteiger partial charge is 0.462 e. The molecule has 3 nitrogen and oxygen atoms in total. The standard InChI is InChI=1S/C17H23NO2/c1-15(19)20-14-10-17-8-12-18(13-9-17)11-7-16-5-3-2-4-6-16/h2-6,10H,7-9,11-14H2,1H3. The normalized spacial score (nSPS) is 15.9. The van der Waals surface area contributed by atoms with E-state index in [1.807, 2.05) is 0 Å². The second-order valence-corrected chi connectivity index (χ2v) is 5.24. The Bertz CT molecular complexity index is 443. The molecular formula is C17H23NO2. The van der Waals surface area contributed by atoms with Gasteiger partial charge in [-0.3, -0.25) is 4.79 Å². The molecule has 0 spiro atoms. The van der Waals surface area contributed by atoms with Gasteiger partial charge in [-0.25, -0.2) is 0 Å². The lowest BCUT2D eigenvalue weighted by molar-refractivity contribution is -0.139. The van der Waals surface area contributed by atoms with Crippen LogP contribution in [0.5, 0.6) is 0 Å². The van der Waals surface area contributed by atoms with Crippen LogP contribution < -0.4 is 0 Å². The molecule has 0 aromatic heterocycles. The van der Waals surface area contributed by atoms with Gasteiger partial charge < -0.3 is 9.64 Å². The van der Waals surface area contributed by atoms with Gasteiger partial charge in [0.25, 0.3) is 0 Å². The lowest BCUT2D eigenvalue weighted by Gasteiger charge is -2.28. The van der Waals surface area contributed by atoms with Gasteiger partial charge in [-0.15, -0.1) is 0 Å². The average Bonchev–Trinajstić information content (AvgIpc) is 2.47. The topological polar surface area (TPSA) is 29.5 Å². The molecule has 0 radical (unpaired) electrons. The van der Waals surface area contributed by atoms with Crippen molar-refractivity contribution in [2.24, 2.45) is 0 Å². The molecule has 1 heterocycles. The van der Waals surface area contributed by atoms with Crippen molar-refractivity contribution >= 4 is 5.97 Å². The molecule has 108 valence electrons. The summed E-state index contributed by atoms with van der Waals surface area (Å²) in [7, 11) is 0. The molecule has 0 saturated carbocycles. The van der Waals surface area contributed by atoms with E-state index in [4.69, 9.17) is 4.74 Å². The fourth-order valence-corrected chi connectivity index (χ4v) is 2.48. The number of likely N-dealkylation sites (tertiary alicyclic amines) is 1. The lowest BCUT2D eigenvalue weighted by atomic mass is 10.0. The van der Waals surface area contributed by atoms with Gasteiger partial charge >= 0.3 is 5.97 Å². The Hall–Kier alpha value is -1.61. The van der Waals surface area contributed by atoms with Crippen LogP contribution in [-0.2, 0) is 16.0 Å². The molecule has 1 saturated heterocycles. The van der Waals surface area contributed by atoms with E-state index in [1.54, 1.807) is 0 Å². The highest BCUT2D eigenvalue weighted by Crippen LogP contribution is 2.16. The molecule has 0 bridgehead atoms. The highest BCUT2D eigenvalue weighted by atomic mass is 16.5. The van der Waals surface area contributed by atoms with Crippen LogP contribution in [0.4, 0.5) is 0 Å². The van der Waals surface area contributed by atoms with Gasteiger partial charge in [-0.2, -0.15) is 0 Å². The van der Waals surface area contributed by atoms with Crippen LogP contribution in [0.2, 0.25) is 0 Å². The number of rotatable bonds is 5. The van der Waals surface area contributed by atoms with E-state index < -0.39 is 0 Å². The maximum atomic E-state index is 10.7. The summed E-state index contributed by atoms with van der Waals surface area (Å²) < 4.78 is 4.95. The van der Waals surface area contributed by atoms with Gasteiger partial charge in [0.2, 0.25) is 0 Å². The summed E-state index contributed by atoms with van der Waals surface area (Å²) >= 11 is 0. The van der Waals surface area contributed by atoms with E-state index >= 15 is 0 Å². The molecule has 1 aromatic rings. The van der Waals surface area contributed by atoms with Crippen molar-refractivity contribution in [3.8, 4) is 0 Å². The minimum Gasteiger partial charge on any atom is -0.462 e. The zero-order valence-corrected chi connectivity index (χ0v) is 12.2. The van der Waals surface area contributed by atoms with E-state index in [-0.39, 0.29) is 5.97 Å². The van der Waals surface area contributed by atoms with Crippen LogP contribution in [0.1, 0.15) is 25.3 Å². The molecule has 20 heavy (non-hydrogen) atoms. The van der Waals surface area contributed by atoms with Gasteiger partial charge in [0, 0.05) is 26.6 Å². The molecule has 1 aromatic carbocycles. The summed E-state index contributed by atoms with van der Waals surface area (Å²) in [5.74, 6) is -0.206. The molecule has 1 aliphatic rings. The highest BCUT2D eigenvalue weighted by molar-refractivity contribution is 5.66. The summed E-state index contributed by atoms with van der Waals surface area (Å²) in [6.07, 6.45) is 5.37. The predicted octanol–water partition coefficient (Wildman–Crippen LogP) is 2.81. The third kappa shape index (κ3) is 5.17. The van der Waals surface area contributed by atoms with Crippen LogP contribution in [0.15, 0.2) is 42.0 Å². The first kappa shape index (κ1) is 14.8. The summed E-state index contributed by atoms with van der Waals surface area (Å²) in [6, 6.07) is 10.6. The number of esters is 1. The van der Waals surface area contributed by atoms with Gasteiger partial charge in [-0.1, -0.05) is 35.9 Å². The van der Waals surface area contributed by atoms with Crippen LogP contribution in [0, 0.1) is 0 Å². The van der Waals surface area contributed by atoms with Crippen molar-refractivity contribution in [1.29, 1.82) is 0 Å². The Kier molecular flexibility index (Phi) is 5.81. The van der Waals surface area contributed by atoms with Crippen molar-refractivity contribution in [2.45, 2.75) is 26.2 Å². The van der Waals surface area contributed by atoms with Crippen LogP contribution >= 0.6 is 0 Å². The van der Waals surface area contributed by atoms with Crippen molar-refractivity contribution in [3.05, 3.63) is 47.5 Å². The summed E-state index contributed by atoms with van der Waals surface area (Å²) in [5.41, 5.74) is 2.82. The van der Waals surface area contributed by atoms with Gasteiger partial charge in [-0.05, 0) is 30.9 Å². The lowest BCUT2D eigenvalue weighted by Crippen LogP contribution is -2.32. The molecule has 0 amide bonds. The molecular weight excluding hydrogens is 250 g/mol. The Morgan fingerprint density at radius 2 is 1.95 bits per heavy atom. The van der Waals surface area contributed by atoms with E-state index in [0.717, 1.165) is 38.9 Å². The molecule has 0 aliphatic carbocycles. The zero-order valence-electron chi connectivity index (χ0n) is 12.2. The predicted molar refractivity (Wildman–Crippen MR) is 80.5 cm³/mol. The Morgan fingerprint density at radius 3 is 2.60 bits per heavy atom. The molecule has 0 atom stereocenters. The summed E-state index contributed by atoms with van der Waals surface area (Å²) in [6.45, 7) is 5.22. The number of carbonyl (C=O) groups excluding carboxylic acids is 1. The van der Waals surface area contributed by atoms with E-state index in [0.29, 0.717) is 6.61 Å². The molecule has 1 fully saturated rings. The molecule has 1 aliphatic heterocycles. The van der Waals surface area contributed by atoms with E-state index in [1.165, 1.54) is 18.1 Å². The first-order chi connectivity index (χ1) is 9.74. The van der Waals surface area contributed by atoms with Crippen molar-refractivity contribution in [1.82, 2.24) is 4.90 Å². The van der Waals surface area contributed by atoms with Crippen LogP contribution in [-0.4, -0.2) is 37.1 Å². The SMILES string of the molecule is CC(=O)OCC=C1CCN(CCc2ccccc2)CC1. The molecule has 3 heteroatoms. The number of piperidine rings is 1. The van der Waals surface area contributed by atoms with Gasteiger partial charge in [0.15, 0.2) is 0 Å². The average molecular weight is 273 g/mol. The molecule has 0 N–H and O–H groups in total. The monoisotopic (exact) mass is 273 g/mol. The minimum absolute atomic E-state index is 0.206. The third-order valence-corrected chi connectivity index (χ3v) is 3.72. The quantitative estimate of drug-likeness (QED) is 0.610. The van der Waals surface area contributed by atoms with Gasteiger partial charge in [0.05, 0.1) is 0 Å².